The van der Waals surface area contributed by atoms with Crippen molar-refractivity contribution in [2.75, 3.05) is 36.0 Å². The Balaban J connectivity index is 1.55. The summed E-state index contributed by atoms with van der Waals surface area (Å²) in [5, 5.41) is 5.66. The summed E-state index contributed by atoms with van der Waals surface area (Å²) in [5.74, 6) is -0.279. The van der Waals surface area contributed by atoms with Gasteiger partial charge in [0.05, 0.1) is 22.1 Å². The minimum absolute atomic E-state index is 0.0201. The molecule has 1 heterocycles. The fraction of sp³-hybridized carbons (Fsp3) is 0.409. The minimum atomic E-state index is -3.53. The molecule has 174 valence electrons. The van der Waals surface area contributed by atoms with Gasteiger partial charge in [0.2, 0.25) is 15.9 Å². The fourth-order valence-corrected chi connectivity index (χ4v) is 5.88. The summed E-state index contributed by atoms with van der Waals surface area (Å²) in [5.41, 5.74) is 1.12. The van der Waals surface area contributed by atoms with E-state index in [1.165, 1.54) is 28.6 Å². The SMILES string of the molecule is CCS(=O)(=O)c1ccc(NCC(=O)Nc2ccc(S(=O)(=O)N3CCCCCC3)cc2)cc1. The van der Waals surface area contributed by atoms with Crippen molar-refractivity contribution in [3.63, 3.8) is 0 Å². The van der Waals surface area contributed by atoms with E-state index in [2.05, 4.69) is 10.6 Å². The van der Waals surface area contributed by atoms with Crippen LogP contribution in [0.3, 0.4) is 0 Å². The van der Waals surface area contributed by atoms with E-state index < -0.39 is 19.9 Å². The maximum Gasteiger partial charge on any atom is 0.243 e. The molecule has 1 amide bonds. The number of benzene rings is 2. The third-order valence-electron chi connectivity index (χ3n) is 5.39. The van der Waals surface area contributed by atoms with E-state index in [4.69, 9.17) is 0 Å². The number of hydrogen-bond acceptors (Lipinski definition) is 6. The van der Waals surface area contributed by atoms with Gasteiger partial charge in [0.25, 0.3) is 0 Å². The molecule has 3 rings (SSSR count). The molecule has 0 aliphatic carbocycles. The van der Waals surface area contributed by atoms with Crippen molar-refractivity contribution in [3.05, 3.63) is 48.5 Å². The molecule has 1 aliphatic rings. The summed E-state index contributed by atoms with van der Waals surface area (Å²) in [6, 6.07) is 12.4. The standard InChI is InChI=1S/C22H29N3O5S2/c1-2-31(27,28)20-11-7-18(8-12-20)23-17-22(26)24-19-9-13-21(14-10-19)32(29,30)25-15-5-3-4-6-16-25/h7-14,23H,2-6,15-17H2,1H3,(H,24,26). The summed E-state index contributed by atoms with van der Waals surface area (Å²) in [4.78, 5) is 12.7. The second-order valence-electron chi connectivity index (χ2n) is 7.67. The highest BCUT2D eigenvalue weighted by molar-refractivity contribution is 7.91. The fourth-order valence-electron chi connectivity index (χ4n) is 3.48. The van der Waals surface area contributed by atoms with Crippen molar-refractivity contribution in [3.8, 4) is 0 Å². The largest absolute Gasteiger partial charge is 0.376 e. The molecule has 2 aromatic rings. The van der Waals surface area contributed by atoms with E-state index in [0.717, 1.165) is 25.7 Å². The lowest BCUT2D eigenvalue weighted by atomic mass is 10.2. The Hall–Kier alpha value is -2.43. The van der Waals surface area contributed by atoms with Gasteiger partial charge in [-0.25, -0.2) is 16.8 Å². The number of sulfone groups is 1. The molecule has 0 aromatic heterocycles. The predicted octanol–water partition coefficient (Wildman–Crippen LogP) is 3.10. The molecule has 0 unspecified atom stereocenters. The molecule has 32 heavy (non-hydrogen) atoms. The van der Waals surface area contributed by atoms with E-state index in [1.807, 2.05) is 0 Å². The molecule has 1 saturated heterocycles. The lowest BCUT2D eigenvalue weighted by molar-refractivity contribution is -0.114. The van der Waals surface area contributed by atoms with Gasteiger partial charge >= 0.3 is 0 Å². The zero-order valence-electron chi connectivity index (χ0n) is 18.1. The van der Waals surface area contributed by atoms with E-state index in [9.17, 15) is 21.6 Å². The third kappa shape index (κ3) is 6.08. The van der Waals surface area contributed by atoms with E-state index in [0.29, 0.717) is 24.5 Å². The molecule has 0 bridgehead atoms. The number of carbonyl (C=O) groups excluding carboxylic acids is 1. The second kappa shape index (κ2) is 10.5. The van der Waals surface area contributed by atoms with Gasteiger partial charge in [-0.2, -0.15) is 4.31 Å². The number of nitrogens with zero attached hydrogens (tertiary/aromatic N) is 1. The molecule has 0 saturated carbocycles. The monoisotopic (exact) mass is 479 g/mol. The molecule has 0 radical (unpaired) electrons. The maximum absolute atomic E-state index is 12.8. The quantitative estimate of drug-likeness (QED) is 0.602. The van der Waals surface area contributed by atoms with Crippen molar-refractivity contribution in [2.24, 2.45) is 0 Å². The van der Waals surface area contributed by atoms with Crippen molar-refractivity contribution >= 4 is 37.1 Å². The van der Waals surface area contributed by atoms with Crippen molar-refractivity contribution in [2.45, 2.75) is 42.4 Å². The first-order chi connectivity index (χ1) is 15.2. The Morgan fingerprint density at radius 3 is 1.91 bits per heavy atom. The number of nitrogens with one attached hydrogen (secondary N) is 2. The molecular formula is C22H29N3O5S2. The van der Waals surface area contributed by atoms with Gasteiger partial charge in [-0.05, 0) is 61.4 Å². The van der Waals surface area contributed by atoms with Crippen LogP contribution in [0.1, 0.15) is 32.6 Å². The summed E-state index contributed by atoms with van der Waals surface area (Å²) in [6.07, 6.45) is 3.84. The van der Waals surface area contributed by atoms with Gasteiger partial charge in [0.15, 0.2) is 9.84 Å². The lowest BCUT2D eigenvalue weighted by Gasteiger charge is -2.20. The van der Waals surface area contributed by atoms with Crippen LogP contribution in [-0.4, -0.2) is 52.4 Å². The van der Waals surface area contributed by atoms with E-state index in [-0.39, 0.29) is 28.0 Å². The van der Waals surface area contributed by atoms with Crippen molar-refractivity contribution < 1.29 is 21.6 Å². The zero-order chi connectivity index (χ0) is 23.2. The summed E-state index contributed by atoms with van der Waals surface area (Å²) < 4.78 is 50.9. The van der Waals surface area contributed by atoms with Crippen LogP contribution >= 0.6 is 0 Å². The van der Waals surface area contributed by atoms with Crippen LogP contribution in [0.25, 0.3) is 0 Å². The van der Waals surface area contributed by atoms with Gasteiger partial charge < -0.3 is 10.6 Å². The summed E-state index contributed by atoms with van der Waals surface area (Å²) >= 11 is 0. The smallest absolute Gasteiger partial charge is 0.243 e. The maximum atomic E-state index is 12.8. The van der Waals surface area contributed by atoms with Gasteiger partial charge in [-0.3, -0.25) is 4.79 Å². The van der Waals surface area contributed by atoms with E-state index >= 15 is 0 Å². The van der Waals surface area contributed by atoms with Crippen LogP contribution < -0.4 is 10.6 Å². The van der Waals surface area contributed by atoms with Crippen LogP contribution in [0.2, 0.25) is 0 Å². The number of amides is 1. The number of sulfonamides is 1. The van der Waals surface area contributed by atoms with Crippen LogP contribution in [-0.2, 0) is 24.7 Å². The Morgan fingerprint density at radius 1 is 0.812 bits per heavy atom. The Bertz CT molecular complexity index is 1120. The van der Waals surface area contributed by atoms with Crippen LogP contribution in [0.5, 0.6) is 0 Å². The Morgan fingerprint density at radius 2 is 1.34 bits per heavy atom. The van der Waals surface area contributed by atoms with Crippen LogP contribution in [0, 0.1) is 0 Å². The predicted molar refractivity (Wildman–Crippen MR) is 125 cm³/mol. The number of rotatable bonds is 8. The van der Waals surface area contributed by atoms with Crippen LogP contribution in [0.4, 0.5) is 11.4 Å². The van der Waals surface area contributed by atoms with Gasteiger partial charge in [-0.1, -0.05) is 19.8 Å². The van der Waals surface area contributed by atoms with Gasteiger partial charge in [0.1, 0.15) is 0 Å². The first-order valence-corrected chi connectivity index (χ1v) is 13.8. The topological polar surface area (TPSA) is 113 Å². The Labute approximate surface area is 190 Å². The lowest BCUT2D eigenvalue weighted by Crippen LogP contribution is -2.31. The number of anilines is 2. The molecule has 10 heteroatoms. The summed E-state index contributed by atoms with van der Waals surface area (Å²) in [6.45, 7) is 2.64. The van der Waals surface area contributed by atoms with Gasteiger partial charge in [0, 0.05) is 24.5 Å². The van der Waals surface area contributed by atoms with Crippen molar-refractivity contribution in [1.82, 2.24) is 4.31 Å². The first-order valence-electron chi connectivity index (χ1n) is 10.7. The van der Waals surface area contributed by atoms with E-state index in [1.54, 1.807) is 31.2 Å². The average Bonchev–Trinajstić information content (AvgIpc) is 3.09. The van der Waals surface area contributed by atoms with Gasteiger partial charge in [-0.15, -0.1) is 0 Å². The zero-order valence-corrected chi connectivity index (χ0v) is 19.7. The second-order valence-corrected chi connectivity index (χ2v) is 11.9. The molecular weight excluding hydrogens is 450 g/mol. The third-order valence-corrected chi connectivity index (χ3v) is 9.05. The molecule has 2 N–H and O–H groups in total. The molecule has 2 aromatic carbocycles. The highest BCUT2D eigenvalue weighted by atomic mass is 32.2. The first kappa shape index (κ1) is 24.2. The normalized spacial score (nSPS) is 15.7. The highest BCUT2D eigenvalue weighted by Gasteiger charge is 2.25. The van der Waals surface area contributed by atoms with Crippen LogP contribution in [0.15, 0.2) is 58.3 Å². The molecule has 8 nitrogen and oxygen atoms in total. The number of hydrogen-bond donors (Lipinski definition) is 2. The summed E-state index contributed by atoms with van der Waals surface area (Å²) in [7, 11) is -6.79. The van der Waals surface area contributed by atoms with Crippen molar-refractivity contribution in [1.29, 1.82) is 0 Å². The Kier molecular flexibility index (Phi) is 7.91. The minimum Gasteiger partial charge on any atom is -0.376 e. The molecule has 1 aliphatic heterocycles. The molecule has 1 fully saturated rings. The average molecular weight is 480 g/mol. The molecule has 0 spiro atoms. The molecule has 0 atom stereocenters. The number of carbonyl (C=O) groups is 1. The highest BCUT2D eigenvalue weighted by Crippen LogP contribution is 2.22.